The molecule has 0 bridgehead atoms. The minimum Gasteiger partial charge on any atom is -0.396 e. The summed E-state index contributed by atoms with van der Waals surface area (Å²) in [7, 11) is 0. The maximum Gasteiger partial charge on any atom is 0.0433 e. The molecule has 0 radical (unpaired) electrons. The number of rotatable bonds is 2. The molecule has 0 aromatic heterocycles. The predicted octanol–water partition coefficient (Wildman–Crippen LogP) is 1.64. The Bertz CT molecular complexity index is 149. The van der Waals surface area contributed by atoms with E-state index in [-0.39, 0.29) is 0 Å². The molecule has 1 aliphatic rings. The van der Waals surface area contributed by atoms with Crippen molar-refractivity contribution in [2.24, 2.45) is 17.3 Å². The fourth-order valence-electron chi connectivity index (χ4n) is 2.44. The van der Waals surface area contributed by atoms with Crippen molar-refractivity contribution in [2.45, 2.75) is 33.6 Å². The third-order valence-electron chi connectivity index (χ3n) is 3.24. The first kappa shape index (κ1) is 11.0. The van der Waals surface area contributed by atoms with Crippen LogP contribution in [0.1, 0.15) is 33.6 Å². The van der Waals surface area contributed by atoms with Crippen LogP contribution in [0.15, 0.2) is 0 Å². The molecule has 13 heavy (non-hydrogen) atoms. The van der Waals surface area contributed by atoms with Crippen molar-refractivity contribution in [1.82, 2.24) is 5.32 Å². The van der Waals surface area contributed by atoms with Gasteiger partial charge < -0.3 is 10.4 Å². The molecule has 0 saturated carbocycles. The van der Waals surface area contributed by atoms with Gasteiger partial charge in [-0.3, -0.25) is 0 Å². The molecule has 0 amide bonds. The van der Waals surface area contributed by atoms with E-state index in [1.807, 2.05) is 0 Å². The van der Waals surface area contributed by atoms with Gasteiger partial charge in [-0.2, -0.15) is 0 Å². The lowest BCUT2D eigenvalue weighted by molar-refractivity contribution is 0.0984. The standard InChI is InChI=1S/C11H23NO/c1-11(2,3)10-8-12-6-4-9(10)5-7-13/h9-10,12-13H,4-8H2,1-3H3. The smallest absolute Gasteiger partial charge is 0.0433 e. The molecule has 1 fully saturated rings. The molecular formula is C11H23NO. The Kier molecular flexibility index (Phi) is 3.74. The van der Waals surface area contributed by atoms with Gasteiger partial charge in [-0.1, -0.05) is 20.8 Å². The lowest BCUT2D eigenvalue weighted by Crippen LogP contribution is -2.43. The van der Waals surface area contributed by atoms with Gasteiger partial charge in [0.05, 0.1) is 0 Å². The van der Waals surface area contributed by atoms with E-state index in [9.17, 15) is 0 Å². The zero-order valence-electron chi connectivity index (χ0n) is 9.14. The van der Waals surface area contributed by atoms with Crippen LogP contribution in [0.4, 0.5) is 0 Å². The van der Waals surface area contributed by atoms with E-state index in [0.29, 0.717) is 23.9 Å². The molecule has 0 aliphatic carbocycles. The third-order valence-corrected chi connectivity index (χ3v) is 3.24. The van der Waals surface area contributed by atoms with Gasteiger partial charge in [0.15, 0.2) is 0 Å². The Hall–Kier alpha value is -0.0800. The van der Waals surface area contributed by atoms with Crippen molar-refractivity contribution in [1.29, 1.82) is 0 Å². The van der Waals surface area contributed by atoms with Crippen LogP contribution in [-0.2, 0) is 0 Å². The van der Waals surface area contributed by atoms with Gasteiger partial charge in [0, 0.05) is 6.61 Å². The van der Waals surface area contributed by atoms with Gasteiger partial charge in [-0.05, 0) is 43.2 Å². The molecule has 2 heteroatoms. The second-order valence-electron chi connectivity index (χ2n) is 5.24. The second-order valence-corrected chi connectivity index (χ2v) is 5.24. The number of aliphatic hydroxyl groups excluding tert-OH is 1. The van der Waals surface area contributed by atoms with Gasteiger partial charge in [0.1, 0.15) is 0 Å². The highest BCUT2D eigenvalue weighted by molar-refractivity contribution is 4.85. The SMILES string of the molecule is CC(C)(C)C1CNCCC1CCO. The Morgan fingerprint density at radius 1 is 1.38 bits per heavy atom. The lowest BCUT2D eigenvalue weighted by Gasteiger charge is -2.40. The molecule has 1 rings (SSSR count). The normalized spacial score (nSPS) is 30.5. The van der Waals surface area contributed by atoms with Crippen molar-refractivity contribution < 1.29 is 5.11 Å². The van der Waals surface area contributed by atoms with Gasteiger partial charge in [-0.25, -0.2) is 0 Å². The van der Waals surface area contributed by atoms with Crippen LogP contribution in [0.3, 0.4) is 0 Å². The van der Waals surface area contributed by atoms with E-state index in [0.717, 1.165) is 19.5 Å². The Labute approximate surface area is 81.7 Å². The lowest BCUT2D eigenvalue weighted by atomic mass is 9.69. The van der Waals surface area contributed by atoms with Gasteiger partial charge in [0.25, 0.3) is 0 Å². The molecule has 2 unspecified atom stereocenters. The summed E-state index contributed by atoms with van der Waals surface area (Å²) in [5.41, 5.74) is 0.368. The average Bonchev–Trinajstić information content (AvgIpc) is 2.04. The van der Waals surface area contributed by atoms with Crippen LogP contribution >= 0.6 is 0 Å². The Morgan fingerprint density at radius 3 is 2.62 bits per heavy atom. The number of aliphatic hydroxyl groups is 1. The van der Waals surface area contributed by atoms with E-state index in [1.165, 1.54) is 6.42 Å². The van der Waals surface area contributed by atoms with Crippen molar-refractivity contribution in [3.05, 3.63) is 0 Å². The fraction of sp³-hybridized carbons (Fsp3) is 1.00. The summed E-state index contributed by atoms with van der Waals surface area (Å²) in [6, 6.07) is 0. The molecule has 1 aliphatic heterocycles. The maximum atomic E-state index is 8.98. The first-order valence-corrected chi connectivity index (χ1v) is 5.37. The largest absolute Gasteiger partial charge is 0.396 e. The third kappa shape index (κ3) is 2.96. The minimum atomic E-state index is 0.344. The number of nitrogens with one attached hydrogen (secondary N) is 1. The van der Waals surface area contributed by atoms with E-state index >= 15 is 0 Å². The van der Waals surface area contributed by atoms with E-state index in [2.05, 4.69) is 26.1 Å². The topological polar surface area (TPSA) is 32.3 Å². The van der Waals surface area contributed by atoms with Crippen LogP contribution in [0.25, 0.3) is 0 Å². The van der Waals surface area contributed by atoms with Crippen LogP contribution in [-0.4, -0.2) is 24.8 Å². The Balaban J connectivity index is 2.56. The van der Waals surface area contributed by atoms with Gasteiger partial charge in [0.2, 0.25) is 0 Å². The van der Waals surface area contributed by atoms with E-state index in [4.69, 9.17) is 5.11 Å². The van der Waals surface area contributed by atoms with E-state index < -0.39 is 0 Å². The summed E-state index contributed by atoms with van der Waals surface area (Å²) in [5.74, 6) is 1.43. The number of hydrogen-bond donors (Lipinski definition) is 2. The fourth-order valence-corrected chi connectivity index (χ4v) is 2.44. The molecule has 2 atom stereocenters. The van der Waals surface area contributed by atoms with Gasteiger partial charge >= 0.3 is 0 Å². The second kappa shape index (κ2) is 4.43. The number of piperidine rings is 1. The highest BCUT2D eigenvalue weighted by atomic mass is 16.3. The molecule has 1 saturated heterocycles. The molecule has 2 nitrogen and oxygen atoms in total. The molecule has 1 heterocycles. The van der Waals surface area contributed by atoms with Crippen molar-refractivity contribution in [3.63, 3.8) is 0 Å². The van der Waals surface area contributed by atoms with Crippen LogP contribution in [0, 0.1) is 17.3 Å². The summed E-state index contributed by atoms with van der Waals surface area (Å²) in [6.07, 6.45) is 2.20. The predicted molar refractivity (Wildman–Crippen MR) is 55.6 cm³/mol. The molecule has 0 aromatic carbocycles. The first-order valence-electron chi connectivity index (χ1n) is 5.37. The van der Waals surface area contributed by atoms with Crippen molar-refractivity contribution in [3.8, 4) is 0 Å². The first-order chi connectivity index (χ1) is 6.05. The van der Waals surface area contributed by atoms with E-state index in [1.54, 1.807) is 0 Å². The molecule has 0 spiro atoms. The maximum absolute atomic E-state index is 8.98. The van der Waals surface area contributed by atoms with Crippen LogP contribution in [0.2, 0.25) is 0 Å². The summed E-state index contributed by atoms with van der Waals surface area (Å²) in [4.78, 5) is 0. The summed E-state index contributed by atoms with van der Waals surface area (Å²) >= 11 is 0. The monoisotopic (exact) mass is 185 g/mol. The number of hydrogen-bond acceptors (Lipinski definition) is 2. The van der Waals surface area contributed by atoms with Crippen LogP contribution in [0.5, 0.6) is 0 Å². The zero-order chi connectivity index (χ0) is 9.90. The zero-order valence-corrected chi connectivity index (χ0v) is 9.14. The molecule has 2 N–H and O–H groups in total. The van der Waals surface area contributed by atoms with Crippen molar-refractivity contribution in [2.75, 3.05) is 19.7 Å². The quantitative estimate of drug-likeness (QED) is 0.685. The minimum absolute atomic E-state index is 0.344. The van der Waals surface area contributed by atoms with Crippen LogP contribution < -0.4 is 5.32 Å². The van der Waals surface area contributed by atoms with Gasteiger partial charge in [-0.15, -0.1) is 0 Å². The average molecular weight is 185 g/mol. The van der Waals surface area contributed by atoms with Crippen molar-refractivity contribution >= 4 is 0 Å². The summed E-state index contributed by atoms with van der Waals surface area (Å²) in [6.45, 7) is 9.49. The highest BCUT2D eigenvalue weighted by Gasteiger charge is 2.33. The molecular weight excluding hydrogens is 162 g/mol. The summed E-state index contributed by atoms with van der Waals surface area (Å²) < 4.78 is 0. The molecule has 0 aromatic rings. The molecule has 78 valence electrons. The highest BCUT2D eigenvalue weighted by Crippen LogP contribution is 2.36. The Morgan fingerprint density at radius 2 is 2.08 bits per heavy atom. The summed E-state index contributed by atoms with van der Waals surface area (Å²) in [5, 5.41) is 12.4.